The lowest BCUT2D eigenvalue weighted by Gasteiger charge is -2.09. The molecule has 0 aliphatic carbocycles. The van der Waals surface area contributed by atoms with Crippen LogP contribution in [0.3, 0.4) is 0 Å². The second-order valence-electron chi connectivity index (χ2n) is 4.11. The second-order valence-corrected chi connectivity index (χ2v) is 5.10. The van der Waals surface area contributed by atoms with Gasteiger partial charge in [0.1, 0.15) is 5.75 Å². The molecule has 2 rings (SSSR count). The number of benzene rings is 1. The zero-order valence-electron chi connectivity index (χ0n) is 10.9. The lowest BCUT2D eigenvalue weighted by molar-refractivity contribution is -0.122. The van der Waals surface area contributed by atoms with Gasteiger partial charge in [-0.3, -0.25) is 14.5 Å². The van der Waals surface area contributed by atoms with Crippen molar-refractivity contribution in [2.75, 3.05) is 13.7 Å². The van der Waals surface area contributed by atoms with Crippen molar-refractivity contribution in [1.29, 1.82) is 0 Å². The first-order chi connectivity index (χ1) is 9.15. The molecular weight excluding hydrogens is 262 g/mol. The van der Waals surface area contributed by atoms with Crippen LogP contribution >= 0.6 is 11.8 Å². The van der Waals surface area contributed by atoms with Crippen LogP contribution in [0, 0.1) is 0 Å². The summed E-state index contributed by atoms with van der Waals surface area (Å²) in [7, 11) is 1.59. The molecule has 1 aliphatic rings. The molecule has 0 bridgehead atoms. The van der Waals surface area contributed by atoms with Gasteiger partial charge in [-0.05, 0) is 42.0 Å². The van der Waals surface area contributed by atoms with Crippen molar-refractivity contribution in [3.05, 3.63) is 34.7 Å². The lowest BCUT2D eigenvalue weighted by atomic mass is 10.2. The van der Waals surface area contributed by atoms with Crippen molar-refractivity contribution >= 4 is 29.0 Å². The molecule has 0 spiro atoms. The van der Waals surface area contributed by atoms with Gasteiger partial charge < -0.3 is 4.74 Å². The van der Waals surface area contributed by atoms with Gasteiger partial charge in [-0.25, -0.2) is 0 Å². The van der Waals surface area contributed by atoms with E-state index in [2.05, 4.69) is 0 Å². The monoisotopic (exact) mass is 277 g/mol. The minimum atomic E-state index is -0.209. The number of imide groups is 1. The number of hydrogen-bond donors (Lipinski definition) is 0. The summed E-state index contributed by atoms with van der Waals surface area (Å²) in [6, 6.07) is 7.38. The van der Waals surface area contributed by atoms with E-state index in [1.807, 2.05) is 31.2 Å². The Morgan fingerprint density at radius 1 is 1.37 bits per heavy atom. The third-order valence-electron chi connectivity index (χ3n) is 2.71. The second kappa shape index (κ2) is 5.93. The Morgan fingerprint density at radius 3 is 2.84 bits per heavy atom. The van der Waals surface area contributed by atoms with E-state index in [1.54, 1.807) is 13.2 Å². The highest BCUT2D eigenvalue weighted by Gasteiger charge is 2.34. The smallest absolute Gasteiger partial charge is 0.293 e. The highest BCUT2D eigenvalue weighted by Crippen LogP contribution is 2.32. The number of carbonyl (C=O) groups is 2. The van der Waals surface area contributed by atoms with Crippen molar-refractivity contribution in [3.63, 3.8) is 0 Å². The quantitative estimate of drug-likeness (QED) is 0.793. The average Bonchev–Trinajstić information content (AvgIpc) is 2.67. The first kappa shape index (κ1) is 13.7. The number of methoxy groups -OCH3 is 1. The van der Waals surface area contributed by atoms with E-state index in [0.717, 1.165) is 29.5 Å². The predicted molar refractivity (Wildman–Crippen MR) is 76.0 cm³/mol. The third-order valence-corrected chi connectivity index (χ3v) is 3.62. The van der Waals surface area contributed by atoms with Crippen molar-refractivity contribution in [2.24, 2.45) is 0 Å². The molecule has 19 heavy (non-hydrogen) atoms. The summed E-state index contributed by atoms with van der Waals surface area (Å²) in [5.41, 5.74) is 0.848. The van der Waals surface area contributed by atoms with Gasteiger partial charge >= 0.3 is 0 Å². The maximum absolute atomic E-state index is 12.0. The summed E-state index contributed by atoms with van der Waals surface area (Å²) in [5.74, 6) is 0.515. The molecule has 1 heterocycles. The summed E-state index contributed by atoms with van der Waals surface area (Å²) in [6.45, 7) is 2.41. The Labute approximate surface area is 116 Å². The molecule has 0 atom stereocenters. The molecule has 1 fully saturated rings. The number of ether oxygens (including phenoxy) is 1. The molecule has 1 aliphatic heterocycles. The zero-order chi connectivity index (χ0) is 13.8. The van der Waals surface area contributed by atoms with E-state index in [0.29, 0.717) is 11.4 Å². The van der Waals surface area contributed by atoms with Crippen LogP contribution in [0.5, 0.6) is 5.75 Å². The molecular formula is C14H15NO3S. The van der Waals surface area contributed by atoms with Gasteiger partial charge in [-0.2, -0.15) is 0 Å². The molecule has 100 valence electrons. The Balaban J connectivity index is 2.24. The number of hydrogen-bond acceptors (Lipinski definition) is 4. The van der Waals surface area contributed by atoms with Gasteiger partial charge in [0.25, 0.3) is 11.1 Å². The highest BCUT2D eigenvalue weighted by atomic mass is 32.2. The average molecular weight is 277 g/mol. The van der Waals surface area contributed by atoms with E-state index in [9.17, 15) is 9.59 Å². The number of nitrogens with zero attached hydrogens (tertiary/aromatic N) is 1. The van der Waals surface area contributed by atoms with Crippen molar-refractivity contribution in [3.8, 4) is 5.75 Å². The van der Waals surface area contributed by atoms with E-state index in [-0.39, 0.29) is 11.1 Å². The Bertz CT molecular complexity index is 539. The molecule has 0 saturated carbocycles. The third kappa shape index (κ3) is 2.98. The lowest BCUT2D eigenvalue weighted by Crippen LogP contribution is -2.28. The fourth-order valence-corrected chi connectivity index (χ4v) is 2.66. The van der Waals surface area contributed by atoms with Crippen LogP contribution in [-0.4, -0.2) is 29.7 Å². The van der Waals surface area contributed by atoms with E-state index in [4.69, 9.17) is 4.74 Å². The SMILES string of the molecule is CCCN1C(=O)S/C(=C/c2cccc(OC)c2)C1=O. The van der Waals surface area contributed by atoms with Gasteiger partial charge in [-0.1, -0.05) is 19.1 Å². The van der Waals surface area contributed by atoms with Gasteiger partial charge in [0.2, 0.25) is 0 Å². The number of carbonyl (C=O) groups excluding carboxylic acids is 2. The summed E-state index contributed by atoms with van der Waals surface area (Å²) in [5, 5.41) is -0.194. The molecule has 4 nitrogen and oxygen atoms in total. The van der Waals surface area contributed by atoms with Crippen molar-refractivity contribution < 1.29 is 14.3 Å². The zero-order valence-corrected chi connectivity index (χ0v) is 11.7. The van der Waals surface area contributed by atoms with Crippen LogP contribution in [0.1, 0.15) is 18.9 Å². The molecule has 0 aromatic heterocycles. The summed E-state index contributed by atoms with van der Waals surface area (Å²) in [6.07, 6.45) is 2.49. The van der Waals surface area contributed by atoms with Crippen LogP contribution in [0.25, 0.3) is 6.08 Å². The number of rotatable bonds is 4. The summed E-state index contributed by atoms with van der Waals surface area (Å²) >= 11 is 0.988. The molecule has 5 heteroatoms. The predicted octanol–water partition coefficient (Wildman–Crippen LogP) is 3.14. The van der Waals surface area contributed by atoms with Crippen molar-refractivity contribution in [2.45, 2.75) is 13.3 Å². The first-order valence-corrected chi connectivity index (χ1v) is 6.86. The van der Waals surface area contributed by atoms with E-state index in [1.165, 1.54) is 4.90 Å². The van der Waals surface area contributed by atoms with Gasteiger partial charge in [-0.15, -0.1) is 0 Å². The van der Waals surface area contributed by atoms with E-state index < -0.39 is 0 Å². The topological polar surface area (TPSA) is 46.6 Å². The molecule has 0 radical (unpaired) electrons. The Kier molecular flexibility index (Phi) is 4.27. The fourth-order valence-electron chi connectivity index (χ4n) is 1.80. The minimum absolute atomic E-state index is 0.194. The van der Waals surface area contributed by atoms with E-state index >= 15 is 0 Å². The maximum atomic E-state index is 12.0. The molecule has 0 unspecified atom stereocenters. The number of thioether (sulfide) groups is 1. The normalized spacial score (nSPS) is 17.4. The van der Waals surface area contributed by atoms with Crippen LogP contribution in [-0.2, 0) is 4.79 Å². The van der Waals surface area contributed by atoms with Crippen LogP contribution in [0.15, 0.2) is 29.2 Å². The standard InChI is InChI=1S/C14H15NO3S/c1-3-7-15-13(16)12(19-14(15)17)9-10-5-4-6-11(8-10)18-2/h4-6,8-9H,3,7H2,1-2H3/b12-9+. The number of amides is 2. The summed E-state index contributed by atoms with van der Waals surface area (Å²) in [4.78, 5) is 25.5. The van der Waals surface area contributed by atoms with Gasteiger partial charge in [0, 0.05) is 6.54 Å². The minimum Gasteiger partial charge on any atom is -0.497 e. The van der Waals surface area contributed by atoms with Crippen LogP contribution < -0.4 is 4.74 Å². The van der Waals surface area contributed by atoms with Gasteiger partial charge in [0.15, 0.2) is 0 Å². The summed E-state index contributed by atoms with van der Waals surface area (Å²) < 4.78 is 5.13. The first-order valence-electron chi connectivity index (χ1n) is 6.05. The molecule has 1 aromatic carbocycles. The van der Waals surface area contributed by atoms with Crippen LogP contribution in [0.2, 0.25) is 0 Å². The molecule has 1 aromatic rings. The van der Waals surface area contributed by atoms with Crippen molar-refractivity contribution in [1.82, 2.24) is 4.90 Å². The maximum Gasteiger partial charge on any atom is 0.293 e. The fraction of sp³-hybridized carbons (Fsp3) is 0.286. The Morgan fingerprint density at radius 2 is 2.16 bits per heavy atom. The highest BCUT2D eigenvalue weighted by molar-refractivity contribution is 8.18. The molecule has 2 amide bonds. The van der Waals surface area contributed by atoms with Crippen LogP contribution in [0.4, 0.5) is 4.79 Å². The molecule has 1 saturated heterocycles. The molecule has 0 N–H and O–H groups in total. The largest absolute Gasteiger partial charge is 0.497 e. The Hall–Kier alpha value is -1.75. The van der Waals surface area contributed by atoms with Gasteiger partial charge in [0.05, 0.1) is 12.0 Å².